The molecule has 0 radical (unpaired) electrons. The minimum Gasteiger partial charge on any atom is -0.323 e. The smallest absolute Gasteiger partial charge is 0.107 e. The first-order chi connectivity index (χ1) is 9.24. The van der Waals surface area contributed by atoms with Gasteiger partial charge in [-0.25, -0.2) is 0 Å². The first-order valence-corrected chi connectivity index (χ1v) is 8.30. The molecular weight excluding hydrogens is 296 g/mol. The highest BCUT2D eigenvalue weighted by Gasteiger charge is 2.10. The number of nitrogens with two attached hydrogens (primary N) is 1. The van der Waals surface area contributed by atoms with Gasteiger partial charge in [-0.2, -0.15) is 16.9 Å². The van der Waals surface area contributed by atoms with E-state index in [0.29, 0.717) is 5.02 Å². The maximum Gasteiger partial charge on any atom is 0.107 e. The lowest BCUT2D eigenvalue weighted by molar-refractivity contribution is 1.25. The number of nitrogens with zero attached hydrogens (tertiary/aromatic N) is 1. The Balaban J connectivity index is 2.22. The van der Waals surface area contributed by atoms with Crippen LogP contribution in [-0.2, 0) is 5.75 Å². The standard InChI is InChI=1S/C14H15ClN2S2/c1-2-18-9-12-7-8-13(19-12)14(17-16)10-3-5-11(15)6-4-10/h3-8H,2,9,16H2,1H3. The van der Waals surface area contributed by atoms with E-state index in [9.17, 15) is 0 Å². The molecule has 2 rings (SSSR count). The molecule has 0 fully saturated rings. The van der Waals surface area contributed by atoms with E-state index in [1.165, 1.54) is 4.88 Å². The van der Waals surface area contributed by atoms with Gasteiger partial charge in [0.2, 0.25) is 0 Å². The Morgan fingerprint density at radius 1 is 1.26 bits per heavy atom. The van der Waals surface area contributed by atoms with Crippen LogP contribution in [0.15, 0.2) is 41.5 Å². The fraction of sp³-hybridized carbons (Fsp3) is 0.214. The second-order valence-corrected chi connectivity index (χ2v) is 6.77. The molecule has 2 N–H and O–H groups in total. The summed E-state index contributed by atoms with van der Waals surface area (Å²) in [5.41, 5.74) is 1.80. The Morgan fingerprint density at radius 2 is 2.00 bits per heavy atom. The van der Waals surface area contributed by atoms with Crippen LogP contribution >= 0.6 is 34.7 Å². The van der Waals surface area contributed by atoms with E-state index < -0.39 is 0 Å². The third kappa shape index (κ3) is 3.75. The van der Waals surface area contributed by atoms with Gasteiger partial charge in [-0.3, -0.25) is 0 Å². The van der Waals surface area contributed by atoms with Crippen molar-refractivity contribution in [2.24, 2.45) is 10.9 Å². The number of rotatable bonds is 5. The molecule has 0 aliphatic carbocycles. The molecule has 0 amide bonds. The zero-order valence-corrected chi connectivity index (χ0v) is 13.0. The van der Waals surface area contributed by atoms with Gasteiger partial charge in [0.15, 0.2) is 0 Å². The number of hydrogen-bond donors (Lipinski definition) is 1. The zero-order chi connectivity index (χ0) is 13.7. The molecule has 0 atom stereocenters. The minimum atomic E-state index is 0.714. The lowest BCUT2D eigenvalue weighted by atomic mass is 10.1. The summed E-state index contributed by atoms with van der Waals surface area (Å²) in [6.07, 6.45) is 0. The Labute approximate surface area is 126 Å². The monoisotopic (exact) mass is 310 g/mol. The van der Waals surface area contributed by atoms with Crippen LogP contribution < -0.4 is 5.84 Å². The van der Waals surface area contributed by atoms with Crippen LogP contribution in [0.3, 0.4) is 0 Å². The molecule has 0 unspecified atom stereocenters. The largest absolute Gasteiger partial charge is 0.323 e. The van der Waals surface area contributed by atoms with Gasteiger partial charge in [-0.15, -0.1) is 11.3 Å². The average Bonchev–Trinajstić information content (AvgIpc) is 2.88. The molecule has 1 heterocycles. The van der Waals surface area contributed by atoms with Crippen LogP contribution in [0.5, 0.6) is 0 Å². The van der Waals surface area contributed by atoms with E-state index >= 15 is 0 Å². The van der Waals surface area contributed by atoms with E-state index in [1.807, 2.05) is 36.0 Å². The molecule has 2 aromatic rings. The molecule has 1 aromatic heterocycles. The van der Waals surface area contributed by atoms with Crippen LogP contribution in [0.1, 0.15) is 22.2 Å². The van der Waals surface area contributed by atoms with Gasteiger partial charge in [-0.05, 0) is 30.0 Å². The maximum absolute atomic E-state index is 5.90. The van der Waals surface area contributed by atoms with Crippen LogP contribution in [-0.4, -0.2) is 11.5 Å². The summed E-state index contributed by atoms with van der Waals surface area (Å²) in [6, 6.07) is 11.8. The van der Waals surface area contributed by atoms with E-state index in [1.54, 1.807) is 11.3 Å². The van der Waals surface area contributed by atoms with Crippen molar-refractivity contribution in [1.29, 1.82) is 0 Å². The van der Waals surface area contributed by atoms with Gasteiger partial charge in [0.25, 0.3) is 0 Å². The van der Waals surface area contributed by atoms with Crippen molar-refractivity contribution in [3.8, 4) is 0 Å². The molecular formula is C14H15ClN2S2. The minimum absolute atomic E-state index is 0.714. The first-order valence-electron chi connectivity index (χ1n) is 5.95. The summed E-state index contributed by atoms with van der Waals surface area (Å²) in [6.45, 7) is 2.17. The SMILES string of the molecule is CCSCc1ccc(C(=NN)c2ccc(Cl)cc2)s1. The predicted octanol–water partition coefficient (Wildman–Crippen LogP) is 4.37. The van der Waals surface area contributed by atoms with Crippen molar-refractivity contribution < 1.29 is 0 Å². The summed E-state index contributed by atoms with van der Waals surface area (Å²) in [5.74, 6) is 7.71. The number of thiophene rings is 1. The van der Waals surface area contributed by atoms with Crippen molar-refractivity contribution in [3.63, 3.8) is 0 Å². The molecule has 1 aromatic carbocycles. The van der Waals surface area contributed by atoms with Gasteiger partial charge in [-0.1, -0.05) is 30.7 Å². The third-order valence-electron chi connectivity index (χ3n) is 2.59. The summed E-state index contributed by atoms with van der Waals surface area (Å²) >= 11 is 9.55. The van der Waals surface area contributed by atoms with Crippen molar-refractivity contribution >= 4 is 40.4 Å². The molecule has 100 valence electrons. The number of hydrogen-bond acceptors (Lipinski definition) is 4. The van der Waals surface area contributed by atoms with Crippen molar-refractivity contribution in [2.75, 3.05) is 5.75 Å². The van der Waals surface area contributed by atoms with E-state index in [4.69, 9.17) is 17.4 Å². The molecule has 0 aliphatic heterocycles. The lowest BCUT2D eigenvalue weighted by Gasteiger charge is -2.03. The third-order valence-corrected chi connectivity index (χ3v) is 5.04. The number of thioether (sulfide) groups is 1. The van der Waals surface area contributed by atoms with Gasteiger partial charge in [0.1, 0.15) is 5.71 Å². The summed E-state index contributed by atoms with van der Waals surface area (Å²) in [7, 11) is 0. The van der Waals surface area contributed by atoms with Crippen LogP contribution in [0.25, 0.3) is 0 Å². The first kappa shape index (κ1) is 14.4. The average molecular weight is 311 g/mol. The second-order valence-electron chi connectivity index (χ2n) is 3.89. The predicted molar refractivity (Wildman–Crippen MR) is 87.4 cm³/mol. The number of benzene rings is 1. The van der Waals surface area contributed by atoms with E-state index in [0.717, 1.165) is 27.7 Å². The summed E-state index contributed by atoms with van der Waals surface area (Å²) in [5, 5.41) is 4.64. The molecule has 19 heavy (non-hydrogen) atoms. The highest BCUT2D eigenvalue weighted by Crippen LogP contribution is 2.24. The van der Waals surface area contributed by atoms with Crippen molar-refractivity contribution in [1.82, 2.24) is 0 Å². The van der Waals surface area contributed by atoms with Gasteiger partial charge < -0.3 is 5.84 Å². The second kappa shape index (κ2) is 6.98. The Kier molecular flexibility index (Phi) is 5.31. The Hall–Kier alpha value is -0.970. The Morgan fingerprint density at radius 3 is 2.63 bits per heavy atom. The lowest BCUT2D eigenvalue weighted by Crippen LogP contribution is -2.03. The van der Waals surface area contributed by atoms with Gasteiger partial charge in [0.05, 0.1) is 4.88 Å². The highest BCUT2D eigenvalue weighted by molar-refractivity contribution is 7.98. The normalized spacial score (nSPS) is 11.8. The topological polar surface area (TPSA) is 38.4 Å². The maximum atomic E-state index is 5.90. The van der Waals surface area contributed by atoms with Gasteiger partial charge >= 0.3 is 0 Å². The zero-order valence-electron chi connectivity index (χ0n) is 10.6. The van der Waals surface area contributed by atoms with Gasteiger partial charge in [0, 0.05) is 21.2 Å². The molecule has 0 saturated heterocycles. The fourth-order valence-corrected chi connectivity index (χ4v) is 3.61. The van der Waals surface area contributed by atoms with E-state index in [-0.39, 0.29) is 0 Å². The van der Waals surface area contributed by atoms with Crippen molar-refractivity contribution in [3.05, 3.63) is 56.7 Å². The van der Waals surface area contributed by atoms with Crippen LogP contribution in [0.4, 0.5) is 0 Å². The van der Waals surface area contributed by atoms with Crippen LogP contribution in [0.2, 0.25) is 5.02 Å². The molecule has 0 bridgehead atoms. The quantitative estimate of drug-likeness (QED) is 0.506. The fourth-order valence-electron chi connectivity index (χ4n) is 1.67. The molecule has 0 spiro atoms. The molecule has 2 nitrogen and oxygen atoms in total. The molecule has 0 saturated carbocycles. The van der Waals surface area contributed by atoms with E-state index in [2.05, 4.69) is 24.2 Å². The van der Waals surface area contributed by atoms with Crippen LogP contribution in [0, 0.1) is 0 Å². The summed E-state index contributed by atoms with van der Waals surface area (Å²) < 4.78 is 0. The highest BCUT2D eigenvalue weighted by atomic mass is 35.5. The van der Waals surface area contributed by atoms with Crippen molar-refractivity contribution in [2.45, 2.75) is 12.7 Å². The Bertz CT molecular complexity index is 561. The summed E-state index contributed by atoms with van der Waals surface area (Å²) in [4.78, 5) is 2.44. The number of hydrazone groups is 1. The molecule has 5 heteroatoms. The molecule has 0 aliphatic rings. The number of halogens is 1.